The fourth-order valence-corrected chi connectivity index (χ4v) is 2.37. The second-order valence-corrected chi connectivity index (χ2v) is 4.54. The van der Waals surface area contributed by atoms with Gasteiger partial charge in [0.15, 0.2) is 5.78 Å². The second-order valence-electron chi connectivity index (χ2n) is 4.54. The Kier molecular flexibility index (Phi) is 2.82. The number of carbonyl (C=O) groups excluding carboxylic acids is 1. The van der Waals surface area contributed by atoms with E-state index in [9.17, 15) is 4.79 Å². The van der Waals surface area contributed by atoms with Crippen LogP contribution >= 0.6 is 0 Å². The molecule has 1 aliphatic heterocycles. The molecule has 0 aromatic carbocycles. The first-order valence-electron chi connectivity index (χ1n) is 6.04. The number of aromatic amines is 1. The number of nitrogens with zero attached hydrogens (tertiary/aromatic N) is 1. The van der Waals surface area contributed by atoms with Crippen LogP contribution in [0.5, 0.6) is 0 Å². The Balaban J connectivity index is 1.75. The molecule has 17 heavy (non-hydrogen) atoms. The molecule has 0 amide bonds. The van der Waals surface area contributed by atoms with Gasteiger partial charge in [-0.25, -0.2) is 0 Å². The number of nitrogens with one attached hydrogen (secondary N) is 1. The van der Waals surface area contributed by atoms with Crippen molar-refractivity contribution >= 4 is 11.9 Å². The van der Waals surface area contributed by atoms with Gasteiger partial charge in [0.2, 0.25) is 0 Å². The van der Waals surface area contributed by atoms with E-state index in [1.807, 2.05) is 18.2 Å². The van der Waals surface area contributed by atoms with Gasteiger partial charge in [-0.1, -0.05) is 6.08 Å². The molecule has 0 bridgehead atoms. The Hall–Kier alpha value is -1.39. The van der Waals surface area contributed by atoms with Crippen molar-refractivity contribution in [3.63, 3.8) is 0 Å². The van der Waals surface area contributed by atoms with Gasteiger partial charge in [-0.3, -0.25) is 9.69 Å². The van der Waals surface area contributed by atoms with Crippen LogP contribution in [-0.4, -0.2) is 42.0 Å². The van der Waals surface area contributed by atoms with Gasteiger partial charge < -0.3 is 9.72 Å². The smallest absolute Gasteiger partial charge is 0.168 e. The van der Waals surface area contributed by atoms with Crippen LogP contribution in [0, 0.1) is 0 Å². The minimum atomic E-state index is 0.215. The Morgan fingerprint density at radius 1 is 1.35 bits per heavy atom. The summed E-state index contributed by atoms with van der Waals surface area (Å²) in [6.07, 6.45) is 4.45. The molecule has 90 valence electrons. The van der Waals surface area contributed by atoms with E-state index >= 15 is 0 Å². The van der Waals surface area contributed by atoms with Crippen molar-refractivity contribution in [2.45, 2.75) is 13.0 Å². The van der Waals surface area contributed by atoms with E-state index in [0.29, 0.717) is 6.42 Å². The van der Waals surface area contributed by atoms with Crippen molar-refractivity contribution in [1.29, 1.82) is 0 Å². The fraction of sp³-hybridized carbons (Fsp3) is 0.462. The molecular formula is C13H16N2O2. The molecule has 0 spiro atoms. The van der Waals surface area contributed by atoms with Crippen LogP contribution in [0.1, 0.15) is 28.2 Å². The summed E-state index contributed by atoms with van der Waals surface area (Å²) in [5.41, 5.74) is 2.93. The molecule has 0 unspecified atom stereocenters. The maximum absolute atomic E-state index is 11.7. The zero-order valence-corrected chi connectivity index (χ0v) is 9.74. The number of morpholine rings is 1. The van der Waals surface area contributed by atoms with Gasteiger partial charge >= 0.3 is 0 Å². The summed E-state index contributed by atoms with van der Waals surface area (Å²) in [4.78, 5) is 17.3. The summed E-state index contributed by atoms with van der Waals surface area (Å²) in [5, 5.41) is 0. The lowest BCUT2D eigenvalue weighted by molar-refractivity contribution is 0.0337. The summed E-state index contributed by atoms with van der Waals surface area (Å²) in [5.74, 6) is 0.215. The number of carbonyl (C=O) groups is 1. The maximum Gasteiger partial charge on any atom is 0.168 e. The highest BCUT2D eigenvalue weighted by Crippen LogP contribution is 2.20. The number of rotatable bonds is 2. The minimum Gasteiger partial charge on any atom is -0.379 e. The van der Waals surface area contributed by atoms with Crippen LogP contribution in [0.3, 0.4) is 0 Å². The zero-order chi connectivity index (χ0) is 11.7. The van der Waals surface area contributed by atoms with Gasteiger partial charge in [0.05, 0.1) is 13.2 Å². The molecule has 1 aliphatic carbocycles. The molecular weight excluding hydrogens is 216 g/mol. The molecule has 2 aliphatic rings. The lowest BCUT2D eigenvalue weighted by Gasteiger charge is -2.25. The molecule has 1 aromatic heterocycles. The molecule has 1 N–H and O–H groups in total. The normalized spacial score (nSPS) is 20.6. The highest BCUT2D eigenvalue weighted by atomic mass is 16.5. The van der Waals surface area contributed by atoms with Crippen LogP contribution in [0.2, 0.25) is 0 Å². The predicted octanol–water partition coefficient (Wildman–Crippen LogP) is 1.45. The van der Waals surface area contributed by atoms with Crippen molar-refractivity contribution in [1.82, 2.24) is 9.88 Å². The highest BCUT2D eigenvalue weighted by molar-refractivity contribution is 6.02. The Morgan fingerprint density at radius 3 is 2.94 bits per heavy atom. The van der Waals surface area contributed by atoms with Gasteiger partial charge in [-0.2, -0.15) is 0 Å². The number of Topliss-reactive ketones (excluding diaryl/α,β-unsaturated/α-hetero) is 1. The van der Waals surface area contributed by atoms with Crippen molar-refractivity contribution < 1.29 is 9.53 Å². The first-order valence-corrected chi connectivity index (χ1v) is 6.04. The Bertz CT molecular complexity index is 456. The highest BCUT2D eigenvalue weighted by Gasteiger charge is 2.18. The molecule has 3 rings (SSSR count). The van der Waals surface area contributed by atoms with E-state index in [1.54, 1.807) is 0 Å². The minimum absolute atomic E-state index is 0.215. The van der Waals surface area contributed by atoms with E-state index in [1.165, 1.54) is 0 Å². The zero-order valence-electron chi connectivity index (χ0n) is 9.74. The van der Waals surface area contributed by atoms with Crippen molar-refractivity contribution in [3.8, 4) is 0 Å². The fourth-order valence-electron chi connectivity index (χ4n) is 2.37. The summed E-state index contributed by atoms with van der Waals surface area (Å²) in [6.45, 7) is 4.41. The van der Waals surface area contributed by atoms with Crippen LogP contribution in [0.4, 0.5) is 0 Å². The maximum atomic E-state index is 11.7. The first kappa shape index (κ1) is 10.7. The van der Waals surface area contributed by atoms with E-state index in [2.05, 4.69) is 9.88 Å². The Labute approximate surface area is 100 Å². The number of allylic oxidation sites excluding steroid dienone is 1. The molecule has 0 atom stereocenters. The topological polar surface area (TPSA) is 45.3 Å². The molecule has 0 radical (unpaired) electrons. The summed E-state index contributed by atoms with van der Waals surface area (Å²) < 4.78 is 5.32. The van der Waals surface area contributed by atoms with Crippen LogP contribution in [0.25, 0.3) is 6.08 Å². The monoisotopic (exact) mass is 232 g/mol. The number of H-pyrrole nitrogens is 1. The number of fused-ring (bicyclic) bond motifs is 1. The van der Waals surface area contributed by atoms with Crippen LogP contribution in [-0.2, 0) is 11.3 Å². The molecule has 2 heterocycles. The summed E-state index contributed by atoms with van der Waals surface area (Å²) >= 11 is 0. The van der Waals surface area contributed by atoms with Crippen LogP contribution in [0.15, 0.2) is 12.1 Å². The van der Waals surface area contributed by atoms with Gasteiger partial charge in [0.1, 0.15) is 0 Å². The van der Waals surface area contributed by atoms with Gasteiger partial charge in [-0.05, 0) is 12.1 Å². The van der Waals surface area contributed by atoms with Gasteiger partial charge in [0.25, 0.3) is 0 Å². The lowest BCUT2D eigenvalue weighted by Crippen LogP contribution is -2.35. The molecule has 0 saturated carbocycles. The SMILES string of the molecule is O=C1CC=Cc2[nH]c(CN3CCOCC3)cc21. The van der Waals surface area contributed by atoms with Crippen LogP contribution < -0.4 is 0 Å². The van der Waals surface area contributed by atoms with Gasteiger partial charge in [0, 0.05) is 43.0 Å². The van der Waals surface area contributed by atoms with Crippen molar-refractivity contribution in [2.75, 3.05) is 26.3 Å². The van der Waals surface area contributed by atoms with Crippen molar-refractivity contribution in [2.24, 2.45) is 0 Å². The number of ether oxygens (including phenoxy) is 1. The summed E-state index contributed by atoms with van der Waals surface area (Å²) in [6, 6.07) is 2.00. The third-order valence-electron chi connectivity index (χ3n) is 3.29. The van der Waals surface area contributed by atoms with E-state index in [-0.39, 0.29) is 5.78 Å². The molecule has 4 heteroatoms. The number of hydrogen-bond donors (Lipinski definition) is 1. The van der Waals surface area contributed by atoms with Crippen molar-refractivity contribution in [3.05, 3.63) is 29.1 Å². The largest absolute Gasteiger partial charge is 0.379 e. The average Bonchev–Trinajstić information content (AvgIpc) is 2.74. The van der Waals surface area contributed by atoms with Gasteiger partial charge in [-0.15, -0.1) is 0 Å². The third-order valence-corrected chi connectivity index (χ3v) is 3.29. The number of hydrogen-bond acceptors (Lipinski definition) is 3. The van der Waals surface area contributed by atoms with E-state index in [0.717, 1.165) is 49.8 Å². The molecule has 1 saturated heterocycles. The number of ketones is 1. The Morgan fingerprint density at radius 2 is 2.18 bits per heavy atom. The molecule has 4 nitrogen and oxygen atoms in total. The first-order chi connectivity index (χ1) is 8.33. The quantitative estimate of drug-likeness (QED) is 0.839. The second kappa shape index (κ2) is 4.47. The lowest BCUT2D eigenvalue weighted by atomic mass is 10.0. The van der Waals surface area contributed by atoms with E-state index in [4.69, 9.17) is 4.74 Å². The summed E-state index contributed by atoms with van der Waals surface area (Å²) in [7, 11) is 0. The predicted molar refractivity (Wildman–Crippen MR) is 64.9 cm³/mol. The molecule has 1 aromatic rings. The standard InChI is InChI=1S/C13H16N2O2/c16-13-3-1-2-12-11(13)8-10(14-12)9-15-4-6-17-7-5-15/h1-2,8,14H,3-7,9H2. The molecule has 1 fully saturated rings. The number of aromatic nitrogens is 1. The average molecular weight is 232 g/mol. The third kappa shape index (κ3) is 2.18. The van der Waals surface area contributed by atoms with E-state index < -0.39 is 0 Å².